The Kier molecular flexibility index (Phi) is 4.65. The summed E-state index contributed by atoms with van der Waals surface area (Å²) in [5, 5.41) is 5.77. The van der Waals surface area contributed by atoms with Crippen LogP contribution in [-0.2, 0) is 0 Å². The molecule has 0 aliphatic rings. The molecule has 3 heterocycles. The number of hydrogen-bond acceptors (Lipinski definition) is 5. The Morgan fingerprint density at radius 1 is 1.08 bits per heavy atom. The lowest BCUT2D eigenvalue weighted by Gasteiger charge is -2.12. The highest BCUT2D eigenvalue weighted by Crippen LogP contribution is 2.20. The second kappa shape index (κ2) is 7.04. The first-order valence-electron chi connectivity index (χ1n) is 7.62. The smallest absolute Gasteiger partial charge is 0.277 e. The highest BCUT2D eigenvalue weighted by molar-refractivity contribution is 6.06. The Bertz CT molecular complexity index is 915. The van der Waals surface area contributed by atoms with Crippen LogP contribution < -0.4 is 10.6 Å². The predicted octanol–water partition coefficient (Wildman–Crippen LogP) is 3.62. The maximum Gasteiger partial charge on any atom is 0.277 e. The van der Waals surface area contributed by atoms with E-state index in [1.165, 1.54) is 19.1 Å². The topological polar surface area (TPSA) is 79.8 Å². The van der Waals surface area contributed by atoms with E-state index in [1.807, 2.05) is 6.07 Å². The number of aryl methyl sites for hydroxylation is 2. The Morgan fingerprint density at radius 3 is 2.64 bits per heavy atom. The molecule has 0 saturated carbocycles. The van der Waals surface area contributed by atoms with Crippen molar-refractivity contribution in [3.8, 4) is 0 Å². The molecule has 0 aliphatic carbocycles. The Labute approximate surface area is 144 Å². The summed E-state index contributed by atoms with van der Waals surface area (Å²) in [6.45, 7) is 3.33. The van der Waals surface area contributed by atoms with Crippen molar-refractivity contribution in [3.63, 3.8) is 0 Å². The van der Waals surface area contributed by atoms with Crippen LogP contribution in [0, 0.1) is 19.7 Å². The largest absolute Gasteiger partial charge is 0.352 e. The van der Waals surface area contributed by atoms with Crippen LogP contribution in [0.1, 0.15) is 21.9 Å². The number of amides is 1. The molecular formula is C18H16FN5O. The minimum absolute atomic E-state index is 0.212. The summed E-state index contributed by atoms with van der Waals surface area (Å²) in [7, 11) is 0. The Hall–Kier alpha value is -3.35. The number of carbonyl (C=O) groups is 1. The number of anilines is 3. The summed E-state index contributed by atoms with van der Waals surface area (Å²) in [6, 6.07) is 9.86. The zero-order valence-electron chi connectivity index (χ0n) is 13.7. The van der Waals surface area contributed by atoms with Crippen LogP contribution in [0.15, 0.2) is 48.8 Å². The van der Waals surface area contributed by atoms with Crippen molar-refractivity contribution < 1.29 is 9.18 Å². The highest BCUT2D eigenvalue weighted by Gasteiger charge is 2.15. The standard InChI is InChI=1S/C18H16FN5O/c1-11-5-7-15(23-13-4-3-9-20-10-13)17(21-11)18(25)24-16-8-6-14(19)12(2)22-16/h3-10,23H,1-2H3,(H,22,24,25). The number of carbonyl (C=O) groups excluding carboxylic acids is 1. The van der Waals surface area contributed by atoms with Crippen molar-refractivity contribution in [1.82, 2.24) is 15.0 Å². The van der Waals surface area contributed by atoms with E-state index in [1.54, 1.807) is 37.5 Å². The summed E-state index contributed by atoms with van der Waals surface area (Å²) >= 11 is 0. The lowest BCUT2D eigenvalue weighted by Crippen LogP contribution is -2.17. The molecular weight excluding hydrogens is 321 g/mol. The summed E-state index contributed by atoms with van der Waals surface area (Å²) < 4.78 is 13.3. The Balaban J connectivity index is 1.88. The lowest BCUT2D eigenvalue weighted by atomic mass is 10.2. The van der Waals surface area contributed by atoms with Crippen molar-refractivity contribution in [2.24, 2.45) is 0 Å². The quantitative estimate of drug-likeness (QED) is 0.760. The summed E-state index contributed by atoms with van der Waals surface area (Å²) in [5.74, 6) is -0.598. The van der Waals surface area contributed by atoms with Gasteiger partial charge in [0.2, 0.25) is 0 Å². The molecule has 6 nitrogen and oxygen atoms in total. The van der Waals surface area contributed by atoms with Gasteiger partial charge in [0, 0.05) is 11.9 Å². The van der Waals surface area contributed by atoms with Crippen molar-refractivity contribution in [2.45, 2.75) is 13.8 Å². The molecule has 0 fully saturated rings. The number of nitrogens with one attached hydrogen (secondary N) is 2. The first kappa shape index (κ1) is 16.5. The van der Waals surface area contributed by atoms with Gasteiger partial charge in [-0.1, -0.05) is 0 Å². The van der Waals surface area contributed by atoms with Gasteiger partial charge in [-0.25, -0.2) is 14.4 Å². The molecule has 0 saturated heterocycles. The average molecular weight is 337 g/mol. The van der Waals surface area contributed by atoms with Crippen molar-refractivity contribution >= 4 is 23.1 Å². The van der Waals surface area contributed by atoms with E-state index in [0.717, 1.165) is 5.69 Å². The molecule has 0 radical (unpaired) electrons. The van der Waals surface area contributed by atoms with E-state index in [9.17, 15) is 9.18 Å². The number of nitrogens with zero attached hydrogens (tertiary/aromatic N) is 3. The molecule has 0 aliphatic heterocycles. The molecule has 25 heavy (non-hydrogen) atoms. The molecule has 3 aromatic heterocycles. The summed E-state index contributed by atoms with van der Waals surface area (Å²) in [6.07, 6.45) is 3.31. The molecule has 3 rings (SSSR count). The van der Waals surface area contributed by atoms with Crippen molar-refractivity contribution in [2.75, 3.05) is 10.6 Å². The van der Waals surface area contributed by atoms with E-state index in [2.05, 4.69) is 25.6 Å². The van der Waals surface area contributed by atoms with Crippen molar-refractivity contribution in [1.29, 1.82) is 0 Å². The molecule has 0 aromatic carbocycles. The van der Waals surface area contributed by atoms with Gasteiger partial charge >= 0.3 is 0 Å². The van der Waals surface area contributed by atoms with E-state index in [4.69, 9.17) is 0 Å². The molecule has 1 amide bonds. The number of hydrogen-bond donors (Lipinski definition) is 2. The fraction of sp³-hybridized carbons (Fsp3) is 0.111. The lowest BCUT2D eigenvalue weighted by molar-refractivity contribution is 0.102. The monoisotopic (exact) mass is 337 g/mol. The second-order valence-corrected chi connectivity index (χ2v) is 5.43. The van der Waals surface area contributed by atoms with E-state index in [0.29, 0.717) is 11.4 Å². The molecule has 0 bridgehead atoms. The molecule has 0 atom stereocenters. The van der Waals surface area contributed by atoms with Crippen LogP contribution in [0.2, 0.25) is 0 Å². The number of rotatable bonds is 4. The second-order valence-electron chi connectivity index (χ2n) is 5.43. The van der Waals surface area contributed by atoms with Gasteiger partial charge in [-0.3, -0.25) is 9.78 Å². The maximum atomic E-state index is 13.3. The summed E-state index contributed by atoms with van der Waals surface area (Å²) in [5.41, 5.74) is 2.40. The van der Waals surface area contributed by atoms with E-state index >= 15 is 0 Å². The van der Waals surface area contributed by atoms with Crippen LogP contribution in [0.25, 0.3) is 0 Å². The van der Waals surface area contributed by atoms with Gasteiger partial charge in [-0.2, -0.15) is 0 Å². The third-order valence-corrected chi connectivity index (χ3v) is 3.45. The molecule has 0 unspecified atom stereocenters. The normalized spacial score (nSPS) is 10.4. The minimum atomic E-state index is -0.436. The van der Waals surface area contributed by atoms with Crippen molar-refractivity contribution in [3.05, 3.63) is 71.7 Å². The fourth-order valence-corrected chi connectivity index (χ4v) is 2.21. The van der Waals surface area contributed by atoms with Gasteiger partial charge in [0.15, 0.2) is 5.69 Å². The SMILES string of the molecule is Cc1ccc(Nc2cccnc2)c(C(=O)Nc2ccc(F)c(C)n2)n1. The minimum Gasteiger partial charge on any atom is -0.352 e. The average Bonchev–Trinajstić information content (AvgIpc) is 2.60. The van der Waals surface area contributed by atoms with Gasteiger partial charge in [-0.05, 0) is 50.2 Å². The third kappa shape index (κ3) is 3.95. The first-order chi connectivity index (χ1) is 12.0. The Morgan fingerprint density at radius 2 is 1.92 bits per heavy atom. The molecule has 2 N–H and O–H groups in total. The van der Waals surface area contributed by atoms with E-state index < -0.39 is 11.7 Å². The third-order valence-electron chi connectivity index (χ3n) is 3.45. The first-order valence-corrected chi connectivity index (χ1v) is 7.62. The van der Waals surface area contributed by atoms with E-state index in [-0.39, 0.29) is 17.2 Å². The van der Waals surface area contributed by atoms with Crippen LogP contribution in [0.4, 0.5) is 21.6 Å². The highest BCUT2D eigenvalue weighted by atomic mass is 19.1. The zero-order valence-corrected chi connectivity index (χ0v) is 13.7. The molecule has 7 heteroatoms. The van der Waals surface area contributed by atoms with Crippen LogP contribution in [0.5, 0.6) is 0 Å². The van der Waals surface area contributed by atoms with Crippen LogP contribution >= 0.6 is 0 Å². The van der Waals surface area contributed by atoms with Gasteiger partial charge < -0.3 is 10.6 Å². The molecule has 126 valence electrons. The molecule has 3 aromatic rings. The number of pyridine rings is 3. The van der Waals surface area contributed by atoms with Gasteiger partial charge in [0.1, 0.15) is 11.6 Å². The summed E-state index contributed by atoms with van der Waals surface area (Å²) in [4.78, 5) is 25.0. The van der Waals surface area contributed by atoms with Crippen LogP contribution in [0.3, 0.4) is 0 Å². The van der Waals surface area contributed by atoms with Gasteiger partial charge in [0.25, 0.3) is 5.91 Å². The molecule has 0 spiro atoms. The van der Waals surface area contributed by atoms with Gasteiger partial charge in [0.05, 0.1) is 23.3 Å². The van der Waals surface area contributed by atoms with Crippen LogP contribution in [-0.4, -0.2) is 20.9 Å². The fourth-order valence-electron chi connectivity index (χ4n) is 2.21. The zero-order chi connectivity index (χ0) is 17.8. The number of aromatic nitrogens is 3. The maximum absolute atomic E-state index is 13.3. The number of halogens is 1. The predicted molar refractivity (Wildman–Crippen MR) is 93.4 cm³/mol. The van der Waals surface area contributed by atoms with Gasteiger partial charge in [-0.15, -0.1) is 0 Å².